The molecule has 188 valence electrons. The molecule has 1 aromatic heterocycles. The number of para-hydroxylation sites is 1. The van der Waals surface area contributed by atoms with Crippen LogP contribution in [0.25, 0.3) is 22.3 Å². The number of hydrogen-bond donors (Lipinski definition) is 2. The average Bonchev–Trinajstić information content (AvgIpc) is 2.89. The van der Waals surface area contributed by atoms with E-state index in [1.54, 1.807) is 42.5 Å². The van der Waals surface area contributed by atoms with E-state index >= 15 is 0 Å². The quantitative estimate of drug-likeness (QED) is 0.444. The zero-order chi connectivity index (χ0) is 26.1. The minimum atomic E-state index is -0.392. The number of nitrogens with zero attached hydrogens (tertiary/aromatic N) is 3. The van der Waals surface area contributed by atoms with E-state index in [0.29, 0.717) is 40.9 Å². The zero-order valence-electron chi connectivity index (χ0n) is 21.2. The van der Waals surface area contributed by atoms with Crippen molar-refractivity contribution in [1.82, 2.24) is 14.9 Å². The molecule has 0 aliphatic carbocycles. The molecule has 0 unspecified atom stereocenters. The fourth-order valence-corrected chi connectivity index (χ4v) is 4.80. The van der Waals surface area contributed by atoms with Gasteiger partial charge in [0.2, 0.25) is 5.91 Å². The molecule has 1 aliphatic heterocycles. The summed E-state index contributed by atoms with van der Waals surface area (Å²) in [6, 6.07) is 18.5. The van der Waals surface area contributed by atoms with E-state index in [1.807, 2.05) is 4.90 Å². The average molecular weight is 496 g/mol. The lowest BCUT2D eigenvalue weighted by atomic mass is 10.1. The van der Waals surface area contributed by atoms with Crippen molar-refractivity contribution in [3.8, 4) is 11.3 Å². The summed E-state index contributed by atoms with van der Waals surface area (Å²) in [5.74, 6) is -0.300. The van der Waals surface area contributed by atoms with Gasteiger partial charge in [0.25, 0.3) is 11.5 Å². The van der Waals surface area contributed by atoms with E-state index in [2.05, 4.69) is 52.2 Å². The summed E-state index contributed by atoms with van der Waals surface area (Å²) in [5, 5.41) is 2.74. The number of nitrogens with one attached hydrogen (secondary N) is 2. The maximum absolute atomic E-state index is 13.3. The number of aryl methyl sites for hydroxylation is 1. The van der Waals surface area contributed by atoms with Crippen LogP contribution in [0.1, 0.15) is 28.4 Å². The van der Waals surface area contributed by atoms with Crippen molar-refractivity contribution in [3.63, 3.8) is 0 Å². The number of carbonyl (C=O) groups excluding carboxylic acids is 2. The van der Waals surface area contributed by atoms with Crippen LogP contribution in [0.4, 0.5) is 11.4 Å². The standard InChI is InChI=1S/C29H29N5O3/c1-18-7-6-10-26(19(18)2)33-13-15-34(16-14-33)29(37)21-11-12-24-25(17-21)32-28(36)27(31-24)22-8-4-5-9-23(22)30-20(3)35/h4-12,17H,13-16H2,1-3H3,(H,30,35)(H,32,36). The third kappa shape index (κ3) is 4.82. The number of benzene rings is 3. The van der Waals surface area contributed by atoms with Crippen LogP contribution in [0.2, 0.25) is 0 Å². The Morgan fingerprint density at radius 1 is 0.946 bits per heavy atom. The van der Waals surface area contributed by atoms with E-state index < -0.39 is 5.56 Å². The van der Waals surface area contributed by atoms with Gasteiger partial charge in [-0.05, 0) is 55.3 Å². The molecule has 0 atom stereocenters. The molecule has 5 rings (SSSR count). The molecule has 4 aromatic rings. The fraction of sp³-hybridized carbons (Fsp3) is 0.241. The lowest BCUT2D eigenvalue weighted by Gasteiger charge is -2.37. The van der Waals surface area contributed by atoms with Crippen LogP contribution in [0.5, 0.6) is 0 Å². The van der Waals surface area contributed by atoms with Crippen LogP contribution in [-0.2, 0) is 4.79 Å². The second-order valence-electron chi connectivity index (χ2n) is 9.37. The van der Waals surface area contributed by atoms with Crippen LogP contribution < -0.4 is 15.8 Å². The maximum Gasteiger partial charge on any atom is 0.275 e. The smallest absolute Gasteiger partial charge is 0.275 e. The molecule has 1 aliphatic rings. The Hall–Kier alpha value is -4.46. The molecular weight excluding hydrogens is 466 g/mol. The molecule has 3 aromatic carbocycles. The minimum Gasteiger partial charge on any atom is -0.368 e. The van der Waals surface area contributed by atoms with Crippen molar-refractivity contribution < 1.29 is 9.59 Å². The number of anilines is 2. The number of H-pyrrole nitrogens is 1. The number of amides is 2. The van der Waals surface area contributed by atoms with Crippen LogP contribution in [0.3, 0.4) is 0 Å². The molecule has 2 N–H and O–H groups in total. The number of piperazine rings is 1. The number of carbonyl (C=O) groups is 2. The Labute approximate surface area is 214 Å². The summed E-state index contributed by atoms with van der Waals surface area (Å²) in [6.45, 7) is 8.43. The monoisotopic (exact) mass is 495 g/mol. The van der Waals surface area contributed by atoms with Gasteiger partial charge in [0.1, 0.15) is 5.69 Å². The van der Waals surface area contributed by atoms with Crippen molar-refractivity contribution >= 4 is 34.2 Å². The summed E-state index contributed by atoms with van der Waals surface area (Å²) in [7, 11) is 0. The van der Waals surface area contributed by atoms with Crippen molar-refractivity contribution in [1.29, 1.82) is 0 Å². The molecule has 0 spiro atoms. The Bertz CT molecular complexity index is 1570. The molecule has 1 saturated heterocycles. The van der Waals surface area contributed by atoms with E-state index in [1.165, 1.54) is 23.7 Å². The number of hydrogen-bond acceptors (Lipinski definition) is 5. The number of aromatic nitrogens is 2. The fourth-order valence-electron chi connectivity index (χ4n) is 4.80. The largest absolute Gasteiger partial charge is 0.368 e. The first-order chi connectivity index (χ1) is 17.8. The van der Waals surface area contributed by atoms with Gasteiger partial charge < -0.3 is 20.1 Å². The molecule has 0 bridgehead atoms. The molecular formula is C29H29N5O3. The maximum atomic E-state index is 13.3. The molecule has 0 saturated carbocycles. The highest BCUT2D eigenvalue weighted by Gasteiger charge is 2.24. The van der Waals surface area contributed by atoms with Crippen LogP contribution in [-0.4, -0.2) is 52.9 Å². The lowest BCUT2D eigenvalue weighted by Crippen LogP contribution is -2.49. The molecule has 0 radical (unpaired) electrons. The second kappa shape index (κ2) is 9.89. The Balaban J connectivity index is 1.37. The molecule has 37 heavy (non-hydrogen) atoms. The van der Waals surface area contributed by atoms with E-state index in [9.17, 15) is 14.4 Å². The summed E-state index contributed by atoms with van der Waals surface area (Å²) < 4.78 is 0. The zero-order valence-corrected chi connectivity index (χ0v) is 21.2. The van der Waals surface area contributed by atoms with Gasteiger partial charge in [0, 0.05) is 49.9 Å². The van der Waals surface area contributed by atoms with Gasteiger partial charge in [-0.3, -0.25) is 14.4 Å². The molecule has 2 heterocycles. The highest BCUT2D eigenvalue weighted by molar-refractivity contribution is 5.98. The van der Waals surface area contributed by atoms with E-state index in [4.69, 9.17) is 0 Å². The van der Waals surface area contributed by atoms with Gasteiger partial charge in [0.15, 0.2) is 0 Å². The first-order valence-corrected chi connectivity index (χ1v) is 12.3. The van der Waals surface area contributed by atoms with Crippen LogP contribution in [0, 0.1) is 13.8 Å². The number of aromatic amines is 1. The molecule has 1 fully saturated rings. The number of fused-ring (bicyclic) bond motifs is 1. The first kappa shape index (κ1) is 24.2. The van der Waals surface area contributed by atoms with Crippen LogP contribution in [0.15, 0.2) is 65.5 Å². The van der Waals surface area contributed by atoms with Gasteiger partial charge in [-0.15, -0.1) is 0 Å². The Morgan fingerprint density at radius 2 is 1.70 bits per heavy atom. The van der Waals surface area contributed by atoms with Gasteiger partial charge in [0.05, 0.1) is 16.7 Å². The minimum absolute atomic E-state index is 0.0663. The highest BCUT2D eigenvalue weighted by atomic mass is 16.2. The molecule has 8 heteroatoms. The Morgan fingerprint density at radius 3 is 2.46 bits per heavy atom. The predicted molar refractivity (Wildman–Crippen MR) is 146 cm³/mol. The SMILES string of the molecule is CC(=O)Nc1ccccc1-c1nc2ccc(C(=O)N3CCN(c4cccc(C)c4C)CC3)cc2[nH]c1=O. The molecule has 8 nitrogen and oxygen atoms in total. The third-order valence-corrected chi connectivity index (χ3v) is 6.92. The van der Waals surface area contributed by atoms with Crippen molar-refractivity contribution in [2.24, 2.45) is 0 Å². The second-order valence-corrected chi connectivity index (χ2v) is 9.37. The molecule has 2 amide bonds. The first-order valence-electron chi connectivity index (χ1n) is 12.3. The van der Waals surface area contributed by atoms with E-state index in [-0.39, 0.29) is 17.5 Å². The topological polar surface area (TPSA) is 98.4 Å². The van der Waals surface area contributed by atoms with E-state index in [0.717, 1.165) is 13.1 Å². The number of rotatable bonds is 4. The summed E-state index contributed by atoms with van der Waals surface area (Å²) >= 11 is 0. The summed E-state index contributed by atoms with van der Waals surface area (Å²) in [5.41, 5.74) is 6.17. The van der Waals surface area contributed by atoms with Crippen molar-refractivity contribution in [2.75, 3.05) is 36.4 Å². The summed E-state index contributed by atoms with van der Waals surface area (Å²) in [4.78, 5) is 49.4. The lowest BCUT2D eigenvalue weighted by molar-refractivity contribution is -0.114. The van der Waals surface area contributed by atoms with Crippen molar-refractivity contribution in [2.45, 2.75) is 20.8 Å². The highest BCUT2D eigenvalue weighted by Crippen LogP contribution is 2.26. The van der Waals surface area contributed by atoms with Gasteiger partial charge in [-0.1, -0.05) is 30.3 Å². The van der Waals surface area contributed by atoms with Crippen molar-refractivity contribution in [3.05, 3.63) is 87.7 Å². The summed E-state index contributed by atoms with van der Waals surface area (Å²) in [6.07, 6.45) is 0. The predicted octanol–water partition coefficient (Wildman–Crippen LogP) is 4.13. The van der Waals surface area contributed by atoms with Gasteiger partial charge in [-0.25, -0.2) is 4.98 Å². The van der Waals surface area contributed by atoms with Gasteiger partial charge >= 0.3 is 0 Å². The Kier molecular flexibility index (Phi) is 6.48. The van der Waals surface area contributed by atoms with Crippen LogP contribution >= 0.6 is 0 Å². The van der Waals surface area contributed by atoms with Gasteiger partial charge in [-0.2, -0.15) is 0 Å². The third-order valence-electron chi connectivity index (χ3n) is 6.92. The normalized spacial score (nSPS) is 13.6.